The van der Waals surface area contributed by atoms with Crippen LogP contribution in [0, 0.1) is 0 Å². The average Bonchev–Trinajstić information content (AvgIpc) is 1.44. The van der Waals surface area contributed by atoms with Gasteiger partial charge < -0.3 is 21.1 Å². The van der Waals surface area contributed by atoms with Crippen LogP contribution in [-0.2, 0) is 21.7 Å². The molecule has 0 aromatic heterocycles. The molecule has 0 aliphatic rings. The maximum Gasteiger partial charge on any atom is 3.00 e. The van der Waals surface area contributed by atoms with Gasteiger partial charge in [0.2, 0.25) is 0 Å². The van der Waals surface area contributed by atoms with Crippen LogP contribution < -0.4 is 0 Å². The molecule has 0 atom stereocenters. The summed E-state index contributed by atoms with van der Waals surface area (Å²) < 4.78 is 0. The zero-order valence-electron chi connectivity index (χ0n) is 84.9. The fourth-order valence-electron chi connectivity index (χ4n) is 17.5. The fourth-order valence-corrected chi connectivity index (χ4v) is 17.5. The summed E-state index contributed by atoms with van der Waals surface area (Å²) in [6.07, 6.45) is 144. The maximum absolute atomic E-state index is 8.29. The van der Waals surface area contributed by atoms with Crippen molar-refractivity contribution in [2.24, 2.45) is 0 Å². The number of rotatable bonds is 106. The van der Waals surface area contributed by atoms with E-state index in [2.05, 4.69) is 48.5 Å². The van der Waals surface area contributed by atoms with Crippen LogP contribution >= 0.6 is 0 Å². The van der Waals surface area contributed by atoms with E-state index < -0.39 is 0 Å². The van der Waals surface area contributed by atoms with Gasteiger partial charge in [0.05, 0.1) is 0 Å². The first-order valence-electron chi connectivity index (χ1n) is 57.2. The van der Waals surface area contributed by atoms with E-state index in [-0.39, 0.29) is 21.7 Å². The van der Waals surface area contributed by atoms with Crippen LogP contribution in [0.5, 0.6) is 0 Å². The Kier molecular flexibility index (Phi) is 144. The van der Waals surface area contributed by atoms with Crippen molar-refractivity contribution < 1.29 is 26.8 Å². The zero-order chi connectivity index (χ0) is 85.8. The maximum atomic E-state index is 8.29. The van der Waals surface area contributed by atoms with Crippen molar-refractivity contribution in [1.29, 1.82) is 0 Å². The summed E-state index contributed by atoms with van der Waals surface area (Å²) in [6.45, 7) is 23.1. The molecule has 0 aliphatic carbocycles. The summed E-state index contributed by atoms with van der Waals surface area (Å²) >= 11 is 0. The summed E-state index contributed by atoms with van der Waals surface area (Å²) in [6, 6.07) is 0. The van der Waals surface area contributed by atoms with Crippen LogP contribution in [-0.4, -0.2) is 51.0 Å². The van der Waals surface area contributed by atoms with Crippen LogP contribution in [0.4, 0.5) is 0 Å². The number of aliphatic hydroxyl groups is 1. The van der Waals surface area contributed by atoms with Gasteiger partial charge in [0.1, 0.15) is 0 Å². The van der Waals surface area contributed by atoms with Gasteiger partial charge in [-0.2, -0.15) is 0 Å². The molecule has 717 valence electrons. The van der Waals surface area contributed by atoms with Gasteiger partial charge in [0, 0.05) is 6.61 Å². The van der Waals surface area contributed by atoms with Crippen molar-refractivity contribution in [3.63, 3.8) is 0 Å². The molecule has 4 nitrogen and oxygen atoms in total. The van der Waals surface area contributed by atoms with Gasteiger partial charge in [-0.15, -0.1) is 39.3 Å². The van der Waals surface area contributed by atoms with E-state index in [0.29, 0.717) is 6.61 Å². The Labute approximate surface area is 773 Å². The molecule has 0 aromatic carbocycles. The van der Waals surface area contributed by atoms with Crippen LogP contribution in [0.25, 0.3) is 16.0 Å². The third-order valence-electron chi connectivity index (χ3n) is 26.0. The molecule has 1 N–H and O–H groups in total. The quantitative estimate of drug-likeness (QED) is 0.0479. The van der Waals surface area contributed by atoms with Gasteiger partial charge in [0.15, 0.2) is 0 Å². The molecule has 1 radical (unpaired) electrons. The molecule has 0 spiro atoms. The standard InChI is InChI=1S/3C36H74N.C6H14O.Ti/c3*1-3-5-7-9-11-13-15-17-19-21-23-25-27-29-31-33-35-37-36-34-32-30-28-26-24-22-20-18-16-14-12-10-8-6-4-2;1-2-3-4-5-6-7;/h3*3-36H2,1-2H3;7H,2-6H2,1H3;/q3*-1;;+3. The number of unbranched alkanes of at least 4 members (excludes halogenated alkanes) is 93. The summed E-state index contributed by atoms with van der Waals surface area (Å²) in [7, 11) is 0. The van der Waals surface area contributed by atoms with Crippen LogP contribution in [0.1, 0.15) is 691 Å². The first-order valence-corrected chi connectivity index (χ1v) is 57.2. The Morgan fingerprint density at radius 3 is 0.244 bits per heavy atom. The Hall–Kier alpha value is 0.554. The fraction of sp³-hybridized carbons (Fsp3) is 1.00. The molecule has 0 saturated heterocycles. The van der Waals surface area contributed by atoms with Crippen molar-refractivity contribution in [2.45, 2.75) is 691 Å². The molecule has 0 saturated carbocycles. The minimum atomic E-state index is 0. The second-order valence-corrected chi connectivity index (χ2v) is 38.6. The third kappa shape index (κ3) is 142. The van der Waals surface area contributed by atoms with Gasteiger partial charge in [0.25, 0.3) is 0 Å². The van der Waals surface area contributed by atoms with Gasteiger partial charge >= 0.3 is 21.7 Å². The minimum absolute atomic E-state index is 0. The first kappa shape index (κ1) is 128. The van der Waals surface area contributed by atoms with E-state index in [0.717, 1.165) is 45.7 Å². The van der Waals surface area contributed by atoms with Crippen molar-refractivity contribution in [1.82, 2.24) is 0 Å². The Morgan fingerprint density at radius 2 is 0.168 bits per heavy atom. The molecule has 5 heteroatoms. The van der Waals surface area contributed by atoms with E-state index >= 15 is 0 Å². The Bertz CT molecular complexity index is 1260. The average molecular weight is 1710 g/mol. The monoisotopic (exact) mass is 1710 g/mol. The second-order valence-electron chi connectivity index (χ2n) is 38.6. The number of hydrogen-bond acceptors (Lipinski definition) is 1. The number of aliphatic hydroxyl groups excluding tert-OH is 1. The summed E-state index contributed by atoms with van der Waals surface area (Å²) in [5.74, 6) is 0. The predicted molar refractivity (Wildman–Crippen MR) is 548 cm³/mol. The first-order chi connectivity index (χ1) is 58.7. The minimum Gasteiger partial charge on any atom is -0.662 e. The second kappa shape index (κ2) is 134. The van der Waals surface area contributed by atoms with Crippen LogP contribution in [0.15, 0.2) is 0 Å². The molecule has 119 heavy (non-hydrogen) atoms. The molecule has 0 fully saturated rings. The molecular weight excluding hydrogens is 1480 g/mol. The topological polar surface area (TPSA) is 62.5 Å². The van der Waals surface area contributed by atoms with Crippen molar-refractivity contribution in [3.8, 4) is 0 Å². The van der Waals surface area contributed by atoms with Gasteiger partial charge in [-0.25, -0.2) is 0 Å². The van der Waals surface area contributed by atoms with E-state index in [1.807, 2.05) is 0 Å². The Morgan fingerprint density at radius 1 is 0.101 bits per heavy atom. The third-order valence-corrected chi connectivity index (χ3v) is 26.0. The van der Waals surface area contributed by atoms with Crippen molar-refractivity contribution >= 4 is 0 Å². The predicted octanol–water partition coefficient (Wildman–Crippen LogP) is 43.2. The molecule has 0 aliphatic heterocycles. The van der Waals surface area contributed by atoms with Crippen LogP contribution in [0.3, 0.4) is 0 Å². The molecule has 0 rings (SSSR count). The molecule has 0 bridgehead atoms. The molecule has 0 heterocycles. The van der Waals surface area contributed by atoms with Gasteiger partial charge in [-0.05, 0) is 6.42 Å². The molecule has 0 amide bonds. The Balaban J connectivity index is -0.000000521. The largest absolute Gasteiger partial charge is 3.00 e. The smallest absolute Gasteiger partial charge is 0.662 e. The summed E-state index contributed by atoms with van der Waals surface area (Å²) in [4.78, 5) is 0. The normalized spacial score (nSPS) is 11.3. The zero-order valence-corrected chi connectivity index (χ0v) is 86.5. The van der Waals surface area contributed by atoms with Crippen molar-refractivity contribution in [2.75, 3.05) is 45.9 Å². The van der Waals surface area contributed by atoms with E-state index in [1.165, 1.54) is 636 Å². The van der Waals surface area contributed by atoms with E-state index in [9.17, 15) is 0 Å². The number of hydrogen-bond donors (Lipinski definition) is 1. The van der Waals surface area contributed by atoms with E-state index in [4.69, 9.17) is 21.1 Å². The van der Waals surface area contributed by atoms with Gasteiger partial charge in [-0.3, -0.25) is 0 Å². The van der Waals surface area contributed by atoms with Crippen LogP contribution in [0.2, 0.25) is 0 Å². The van der Waals surface area contributed by atoms with Crippen molar-refractivity contribution in [3.05, 3.63) is 16.0 Å². The molecule has 0 aromatic rings. The summed E-state index contributed by atoms with van der Waals surface area (Å²) in [5.41, 5.74) is 0. The van der Waals surface area contributed by atoms with E-state index in [1.54, 1.807) is 0 Å². The number of nitrogens with zero attached hydrogens (tertiary/aromatic N) is 3. The molecular formula is C114H236N3OTi. The summed E-state index contributed by atoms with van der Waals surface area (Å²) in [5, 5.41) is 22.6. The molecule has 0 unspecified atom stereocenters. The van der Waals surface area contributed by atoms with Gasteiger partial charge in [-0.1, -0.05) is 684 Å². The SMILES string of the molecule is CCCCCCCCCCCCCCCCCC[N-]CCCCCCCCCCCCCCCCCC.CCCCCCCCCCCCCCCCCC[N-]CCCCCCCCCCCCCCCCCC.CCCCCCCCCCCCCCCCCC[N-]CCCCCCCCCCCCCCCCCC.CCCCCCO.[Ti+3].